The molecule has 136 valence electrons. The number of esters is 1. The second kappa shape index (κ2) is 8.66. The average Bonchev–Trinajstić information content (AvgIpc) is 3.26. The molecule has 3 rings (SSSR count). The SMILES string of the molecule is COC(=O)/C=C1/S/C(=N\N=Cc2ccc(OC3CCCC3)cc2)NC1=O. The van der Waals surface area contributed by atoms with Crippen LogP contribution in [-0.2, 0) is 14.3 Å². The summed E-state index contributed by atoms with van der Waals surface area (Å²) in [5.41, 5.74) is 0.868. The minimum Gasteiger partial charge on any atom is -0.490 e. The number of thioether (sulfide) groups is 1. The van der Waals surface area contributed by atoms with Crippen molar-refractivity contribution >= 4 is 35.0 Å². The molecule has 1 N–H and O–H groups in total. The lowest BCUT2D eigenvalue weighted by Crippen LogP contribution is -2.19. The van der Waals surface area contributed by atoms with Crippen LogP contribution in [0.1, 0.15) is 31.2 Å². The largest absolute Gasteiger partial charge is 0.490 e. The molecule has 2 aliphatic rings. The van der Waals surface area contributed by atoms with Gasteiger partial charge in [0, 0.05) is 6.08 Å². The zero-order valence-corrected chi connectivity index (χ0v) is 15.1. The van der Waals surface area contributed by atoms with Crippen molar-refractivity contribution in [3.05, 3.63) is 40.8 Å². The molecule has 1 aromatic carbocycles. The Balaban J connectivity index is 1.56. The highest BCUT2D eigenvalue weighted by Crippen LogP contribution is 2.24. The number of carbonyl (C=O) groups excluding carboxylic acids is 2. The van der Waals surface area contributed by atoms with Crippen LogP contribution in [-0.4, -0.2) is 36.5 Å². The zero-order valence-electron chi connectivity index (χ0n) is 14.3. The van der Waals surface area contributed by atoms with E-state index in [-0.39, 0.29) is 4.91 Å². The Morgan fingerprint density at radius 2 is 2.00 bits per heavy atom. The van der Waals surface area contributed by atoms with Crippen molar-refractivity contribution in [2.75, 3.05) is 7.11 Å². The molecule has 1 amide bonds. The van der Waals surface area contributed by atoms with E-state index in [9.17, 15) is 9.59 Å². The topological polar surface area (TPSA) is 89.3 Å². The van der Waals surface area contributed by atoms with E-state index in [1.807, 2.05) is 24.3 Å². The summed E-state index contributed by atoms with van der Waals surface area (Å²) in [6.07, 6.45) is 7.75. The number of benzene rings is 1. The van der Waals surface area contributed by atoms with Gasteiger partial charge in [0.1, 0.15) is 5.75 Å². The Morgan fingerprint density at radius 3 is 2.69 bits per heavy atom. The Labute approximate surface area is 155 Å². The number of methoxy groups -OCH3 is 1. The fraction of sp³-hybridized carbons (Fsp3) is 0.333. The number of carbonyl (C=O) groups is 2. The van der Waals surface area contributed by atoms with Gasteiger partial charge in [0.05, 0.1) is 24.3 Å². The third kappa shape index (κ3) is 4.95. The molecule has 7 nitrogen and oxygen atoms in total. The van der Waals surface area contributed by atoms with Crippen LogP contribution in [0, 0.1) is 0 Å². The predicted molar refractivity (Wildman–Crippen MR) is 100 cm³/mol. The van der Waals surface area contributed by atoms with Crippen molar-refractivity contribution in [1.82, 2.24) is 5.32 Å². The van der Waals surface area contributed by atoms with Gasteiger partial charge in [-0.2, -0.15) is 5.10 Å². The Kier molecular flexibility index (Phi) is 6.06. The Morgan fingerprint density at radius 1 is 1.27 bits per heavy atom. The zero-order chi connectivity index (χ0) is 18.4. The maximum atomic E-state index is 11.7. The maximum absolute atomic E-state index is 11.7. The van der Waals surface area contributed by atoms with Gasteiger partial charge in [-0.1, -0.05) is 0 Å². The van der Waals surface area contributed by atoms with Crippen LogP contribution in [0.4, 0.5) is 0 Å². The van der Waals surface area contributed by atoms with Crippen molar-refractivity contribution in [1.29, 1.82) is 0 Å². The standard InChI is InChI=1S/C18H19N3O4S/c1-24-16(22)10-15-17(23)20-18(26-15)21-19-11-12-6-8-14(9-7-12)25-13-4-2-3-5-13/h6-11,13H,2-5H2,1H3,(H,20,21,23)/b15-10+,19-11?. The van der Waals surface area contributed by atoms with Crippen LogP contribution in [0.5, 0.6) is 5.75 Å². The minimum atomic E-state index is -0.590. The molecule has 26 heavy (non-hydrogen) atoms. The number of hydrogen-bond acceptors (Lipinski definition) is 7. The second-order valence-corrected chi connectivity index (χ2v) is 6.86. The summed E-state index contributed by atoms with van der Waals surface area (Å²) in [6, 6.07) is 7.63. The molecule has 0 unspecified atom stereocenters. The van der Waals surface area contributed by atoms with E-state index in [4.69, 9.17) is 4.74 Å². The maximum Gasteiger partial charge on any atom is 0.331 e. The molecule has 1 aliphatic carbocycles. The van der Waals surface area contributed by atoms with Gasteiger partial charge in [-0.15, -0.1) is 5.10 Å². The number of amides is 1. The number of nitrogens with one attached hydrogen (secondary N) is 1. The fourth-order valence-corrected chi connectivity index (χ4v) is 3.36. The number of nitrogens with zero attached hydrogens (tertiary/aromatic N) is 2. The molecular weight excluding hydrogens is 354 g/mol. The van der Waals surface area contributed by atoms with E-state index in [1.165, 1.54) is 20.0 Å². The van der Waals surface area contributed by atoms with Crippen LogP contribution in [0.3, 0.4) is 0 Å². The lowest BCUT2D eigenvalue weighted by atomic mass is 10.2. The summed E-state index contributed by atoms with van der Waals surface area (Å²) in [4.78, 5) is 23.1. The smallest absolute Gasteiger partial charge is 0.331 e. The summed E-state index contributed by atoms with van der Waals surface area (Å²) >= 11 is 1.03. The summed E-state index contributed by atoms with van der Waals surface area (Å²) in [7, 11) is 1.25. The van der Waals surface area contributed by atoms with Gasteiger partial charge in [0.25, 0.3) is 5.91 Å². The van der Waals surface area contributed by atoms with Crippen molar-refractivity contribution in [2.24, 2.45) is 10.2 Å². The number of hydrogen-bond donors (Lipinski definition) is 1. The normalized spacial score (nSPS) is 20.9. The summed E-state index contributed by atoms with van der Waals surface area (Å²) in [5.74, 6) is -0.133. The van der Waals surface area contributed by atoms with E-state index < -0.39 is 11.9 Å². The van der Waals surface area contributed by atoms with Crippen molar-refractivity contribution in [3.8, 4) is 5.75 Å². The number of amidine groups is 1. The molecule has 0 aromatic heterocycles. The van der Waals surface area contributed by atoms with Gasteiger partial charge in [-0.25, -0.2) is 4.79 Å². The first-order valence-electron chi connectivity index (χ1n) is 8.30. The van der Waals surface area contributed by atoms with Crippen molar-refractivity contribution in [2.45, 2.75) is 31.8 Å². The highest BCUT2D eigenvalue weighted by Gasteiger charge is 2.25. The van der Waals surface area contributed by atoms with E-state index in [1.54, 1.807) is 6.21 Å². The molecular formula is C18H19N3O4S. The highest BCUT2D eigenvalue weighted by atomic mass is 32.2. The van der Waals surface area contributed by atoms with Crippen LogP contribution in [0.15, 0.2) is 45.4 Å². The summed E-state index contributed by atoms with van der Waals surface area (Å²) in [6.45, 7) is 0. The first kappa shape index (κ1) is 18.2. The molecule has 0 bridgehead atoms. The van der Waals surface area contributed by atoms with Gasteiger partial charge in [-0.05, 0) is 67.3 Å². The second-order valence-electron chi connectivity index (χ2n) is 5.83. The molecule has 1 aliphatic heterocycles. The highest BCUT2D eigenvalue weighted by molar-refractivity contribution is 8.18. The van der Waals surface area contributed by atoms with Crippen molar-refractivity contribution < 1.29 is 19.1 Å². The molecule has 1 aromatic rings. The van der Waals surface area contributed by atoms with E-state index >= 15 is 0 Å². The van der Waals surface area contributed by atoms with Gasteiger partial charge in [0.2, 0.25) is 0 Å². The minimum absolute atomic E-state index is 0.221. The first-order chi connectivity index (χ1) is 12.6. The molecule has 0 spiro atoms. The molecule has 0 atom stereocenters. The van der Waals surface area contributed by atoms with Crippen LogP contribution < -0.4 is 10.1 Å². The lowest BCUT2D eigenvalue weighted by Gasteiger charge is -2.12. The summed E-state index contributed by atoms with van der Waals surface area (Å²) in [5, 5.41) is 10.8. The quantitative estimate of drug-likeness (QED) is 0.371. The van der Waals surface area contributed by atoms with Crippen LogP contribution >= 0.6 is 11.8 Å². The van der Waals surface area contributed by atoms with Gasteiger partial charge in [-0.3, -0.25) is 10.1 Å². The average molecular weight is 373 g/mol. The summed E-state index contributed by atoms with van der Waals surface area (Å²) < 4.78 is 10.4. The molecule has 2 fully saturated rings. The molecule has 0 radical (unpaired) electrons. The predicted octanol–water partition coefficient (Wildman–Crippen LogP) is 2.62. The van der Waals surface area contributed by atoms with E-state index in [0.717, 1.165) is 42.0 Å². The van der Waals surface area contributed by atoms with E-state index in [2.05, 4.69) is 20.3 Å². The van der Waals surface area contributed by atoms with Crippen LogP contribution in [0.2, 0.25) is 0 Å². The van der Waals surface area contributed by atoms with Crippen LogP contribution in [0.25, 0.3) is 0 Å². The first-order valence-corrected chi connectivity index (χ1v) is 9.12. The fourth-order valence-electron chi connectivity index (χ4n) is 2.62. The van der Waals surface area contributed by atoms with Gasteiger partial charge >= 0.3 is 5.97 Å². The monoisotopic (exact) mass is 373 g/mol. The van der Waals surface area contributed by atoms with Crippen molar-refractivity contribution in [3.63, 3.8) is 0 Å². The van der Waals surface area contributed by atoms with Gasteiger partial charge in [0.15, 0.2) is 5.17 Å². The number of rotatable bonds is 5. The number of ether oxygens (including phenoxy) is 2. The third-order valence-corrected chi connectivity index (χ3v) is 4.84. The van der Waals surface area contributed by atoms with Gasteiger partial charge < -0.3 is 9.47 Å². The molecule has 8 heteroatoms. The Bertz CT molecular complexity index is 765. The van der Waals surface area contributed by atoms with E-state index in [0.29, 0.717) is 11.3 Å². The molecule has 1 heterocycles. The molecule has 1 saturated heterocycles. The molecule has 1 saturated carbocycles. The Hall–Kier alpha value is -2.61. The third-order valence-electron chi connectivity index (χ3n) is 3.94. The lowest BCUT2D eigenvalue weighted by molar-refractivity contribution is -0.135.